The lowest BCUT2D eigenvalue weighted by Crippen LogP contribution is -2.49. The van der Waals surface area contributed by atoms with Crippen LogP contribution in [0.15, 0.2) is 36.8 Å². The van der Waals surface area contributed by atoms with Crippen LogP contribution in [-0.2, 0) is 16.6 Å². The number of benzene rings is 1. The lowest BCUT2D eigenvalue weighted by molar-refractivity contribution is -0.119. The third-order valence-electron chi connectivity index (χ3n) is 5.09. The molecular weight excluding hydrogens is 368 g/mol. The molecule has 1 aliphatic rings. The van der Waals surface area contributed by atoms with Crippen LogP contribution >= 0.6 is 0 Å². The first-order valence-corrected chi connectivity index (χ1v) is 10.1. The largest absolute Gasteiger partial charge is 0.444 e. The second-order valence-corrected chi connectivity index (χ2v) is 8.62. The van der Waals surface area contributed by atoms with Crippen LogP contribution in [0, 0.1) is 5.92 Å². The summed E-state index contributed by atoms with van der Waals surface area (Å²) in [5.41, 5.74) is 2.10. The van der Waals surface area contributed by atoms with E-state index in [1.54, 1.807) is 33.3 Å². The Labute approximate surface area is 171 Å². The minimum Gasteiger partial charge on any atom is -0.444 e. The van der Waals surface area contributed by atoms with Gasteiger partial charge in [0.05, 0.1) is 18.2 Å². The molecule has 0 radical (unpaired) electrons. The van der Waals surface area contributed by atoms with E-state index in [-0.39, 0.29) is 11.8 Å². The maximum absolute atomic E-state index is 13.0. The molecule has 1 saturated carbocycles. The van der Waals surface area contributed by atoms with Crippen molar-refractivity contribution >= 4 is 17.7 Å². The number of carbonyl (C=O) groups excluding carboxylic acids is 2. The number of aromatic nitrogens is 2. The summed E-state index contributed by atoms with van der Waals surface area (Å²) in [5, 5.41) is 5.73. The van der Waals surface area contributed by atoms with Gasteiger partial charge in [0.15, 0.2) is 0 Å². The molecule has 1 heterocycles. The maximum Gasteiger partial charge on any atom is 0.408 e. The zero-order valence-electron chi connectivity index (χ0n) is 17.6. The van der Waals surface area contributed by atoms with Gasteiger partial charge in [0, 0.05) is 12.7 Å². The molecule has 7 heteroatoms. The van der Waals surface area contributed by atoms with Gasteiger partial charge in [-0.1, -0.05) is 25.0 Å². The van der Waals surface area contributed by atoms with Gasteiger partial charge in [-0.3, -0.25) is 4.79 Å². The molecule has 0 saturated heterocycles. The number of aryl methyl sites for hydroxylation is 1. The topological polar surface area (TPSA) is 85.3 Å². The van der Waals surface area contributed by atoms with Gasteiger partial charge in [-0.25, -0.2) is 9.78 Å². The van der Waals surface area contributed by atoms with Crippen molar-refractivity contribution in [3.8, 4) is 11.3 Å². The van der Waals surface area contributed by atoms with E-state index in [1.165, 1.54) is 0 Å². The Balaban J connectivity index is 1.69. The molecule has 0 aliphatic heterocycles. The lowest BCUT2D eigenvalue weighted by atomic mass is 9.97. The quantitative estimate of drug-likeness (QED) is 0.794. The molecule has 7 nitrogen and oxygen atoms in total. The fraction of sp³-hybridized carbons (Fsp3) is 0.500. The van der Waals surface area contributed by atoms with E-state index in [0.29, 0.717) is 5.69 Å². The minimum absolute atomic E-state index is 0.122. The standard InChI is InChI=1S/C22H30N4O3/c1-22(2,3)29-21(28)25-19(16-7-5-6-8-16)20(27)24-17-11-9-15(10-12-17)18-13-23-14-26(18)4/h9-14,16,19H,5-8H2,1-4H3,(H,24,27)(H,25,28). The van der Waals surface area contributed by atoms with Crippen LogP contribution in [0.5, 0.6) is 0 Å². The fourth-order valence-corrected chi connectivity index (χ4v) is 3.70. The first kappa shape index (κ1) is 20.9. The molecular formula is C22H30N4O3. The van der Waals surface area contributed by atoms with Crippen LogP contribution in [0.25, 0.3) is 11.3 Å². The Morgan fingerprint density at radius 2 is 1.83 bits per heavy atom. The average molecular weight is 399 g/mol. The molecule has 1 aliphatic carbocycles. The van der Waals surface area contributed by atoms with Gasteiger partial charge in [-0.05, 0) is 57.2 Å². The van der Waals surface area contributed by atoms with E-state index >= 15 is 0 Å². The Morgan fingerprint density at radius 1 is 1.17 bits per heavy atom. The van der Waals surface area contributed by atoms with Gasteiger partial charge in [0.25, 0.3) is 0 Å². The molecule has 1 unspecified atom stereocenters. The van der Waals surface area contributed by atoms with Gasteiger partial charge in [0.1, 0.15) is 11.6 Å². The first-order chi connectivity index (χ1) is 13.7. The summed E-state index contributed by atoms with van der Waals surface area (Å²) >= 11 is 0. The van der Waals surface area contributed by atoms with Crippen LogP contribution in [0.3, 0.4) is 0 Å². The maximum atomic E-state index is 13.0. The molecule has 29 heavy (non-hydrogen) atoms. The monoisotopic (exact) mass is 398 g/mol. The van der Waals surface area contributed by atoms with Crippen molar-refractivity contribution in [2.45, 2.75) is 58.1 Å². The molecule has 1 aromatic carbocycles. The molecule has 1 fully saturated rings. The van der Waals surface area contributed by atoms with Gasteiger partial charge in [0.2, 0.25) is 5.91 Å². The average Bonchev–Trinajstić information content (AvgIpc) is 3.30. The highest BCUT2D eigenvalue weighted by Crippen LogP contribution is 2.29. The summed E-state index contributed by atoms with van der Waals surface area (Å²) in [6, 6.07) is 7.00. The number of anilines is 1. The van der Waals surface area contributed by atoms with E-state index < -0.39 is 17.7 Å². The summed E-state index contributed by atoms with van der Waals surface area (Å²) in [4.78, 5) is 29.4. The lowest BCUT2D eigenvalue weighted by Gasteiger charge is -2.26. The number of imidazole rings is 1. The van der Waals surface area contributed by atoms with Crippen molar-refractivity contribution in [1.29, 1.82) is 0 Å². The Bertz CT molecular complexity index is 846. The van der Waals surface area contributed by atoms with Crippen molar-refractivity contribution in [3.05, 3.63) is 36.8 Å². The van der Waals surface area contributed by atoms with Gasteiger partial charge >= 0.3 is 6.09 Å². The molecule has 1 atom stereocenters. The molecule has 3 rings (SSSR count). The van der Waals surface area contributed by atoms with Gasteiger partial charge in [-0.2, -0.15) is 0 Å². The van der Waals surface area contributed by atoms with Crippen LogP contribution < -0.4 is 10.6 Å². The van der Waals surface area contributed by atoms with E-state index in [4.69, 9.17) is 4.74 Å². The minimum atomic E-state index is -0.609. The molecule has 2 aromatic rings. The first-order valence-electron chi connectivity index (χ1n) is 10.1. The molecule has 0 bridgehead atoms. The normalized spacial score (nSPS) is 15.7. The fourth-order valence-electron chi connectivity index (χ4n) is 3.70. The second kappa shape index (κ2) is 8.68. The molecule has 2 amide bonds. The summed E-state index contributed by atoms with van der Waals surface area (Å²) in [5.74, 6) is -0.0905. The third kappa shape index (κ3) is 5.59. The van der Waals surface area contributed by atoms with E-state index in [2.05, 4.69) is 15.6 Å². The molecule has 156 valence electrons. The van der Waals surface area contributed by atoms with Crippen molar-refractivity contribution in [2.75, 3.05) is 5.32 Å². The van der Waals surface area contributed by atoms with E-state index in [9.17, 15) is 9.59 Å². The van der Waals surface area contributed by atoms with E-state index in [0.717, 1.165) is 36.9 Å². The number of hydrogen-bond donors (Lipinski definition) is 2. The van der Waals surface area contributed by atoms with E-state index in [1.807, 2.05) is 35.9 Å². The molecule has 0 spiro atoms. The summed E-state index contributed by atoms with van der Waals surface area (Å²) in [6.07, 6.45) is 6.98. The van der Waals surface area contributed by atoms with Crippen molar-refractivity contribution in [3.63, 3.8) is 0 Å². The van der Waals surface area contributed by atoms with Gasteiger partial charge in [-0.15, -0.1) is 0 Å². The number of hydrogen-bond acceptors (Lipinski definition) is 4. The smallest absolute Gasteiger partial charge is 0.408 e. The number of amides is 2. The molecule has 1 aromatic heterocycles. The van der Waals surface area contributed by atoms with Crippen LogP contribution in [0.1, 0.15) is 46.5 Å². The Hall–Kier alpha value is -2.83. The zero-order valence-corrected chi connectivity index (χ0v) is 17.6. The number of carbonyl (C=O) groups is 2. The summed E-state index contributed by atoms with van der Waals surface area (Å²) in [7, 11) is 1.94. The number of nitrogens with zero attached hydrogens (tertiary/aromatic N) is 2. The van der Waals surface area contributed by atoms with Crippen molar-refractivity contribution in [1.82, 2.24) is 14.9 Å². The number of nitrogens with one attached hydrogen (secondary N) is 2. The van der Waals surface area contributed by atoms with Crippen LogP contribution in [0.4, 0.5) is 10.5 Å². The molecule has 2 N–H and O–H groups in total. The Morgan fingerprint density at radius 3 is 2.38 bits per heavy atom. The number of alkyl carbamates (subject to hydrolysis) is 1. The predicted molar refractivity (Wildman–Crippen MR) is 112 cm³/mol. The van der Waals surface area contributed by atoms with Crippen LogP contribution in [0.2, 0.25) is 0 Å². The SMILES string of the molecule is Cn1cncc1-c1ccc(NC(=O)C(NC(=O)OC(C)(C)C)C2CCCC2)cc1. The highest BCUT2D eigenvalue weighted by molar-refractivity contribution is 5.97. The summed E-state index contributed by atoms with van der Waals surface area (Å²) < 4.78 is 7.30. The highest BCUT2D eigenvalue weighted by atomic mass is 16.6. The number of ether oxygens (including phenoxy) is 1. The Kier molecular flexibility index (Phi) is 6.25. The summed E-state index contributed by atoms with van der Waals surface area (Å²) in [6.45, 7) is 5.42. The number of rotatable bonds is 5. The predicted octanol–water partition coefficient (Wildman–Crippen LogP) is 4.11. The van der Waals surface area contributed by atoms with Crippen molar-refractivity contribution < 1.29 is 14.3 Å². The second-order valence-electron chi connectivity index (χ2n) is 8.62. The zero-order chi connectivity index (χ0) is 21.0. The third-order valence-corrected chi connectivity index (χ3v) is 5.09. The van der Waals surface area contributed by atoms with Gasteiger partial charge < -0.3 is 19.9 Å². The highest BCUT2D eigenvalue weighted by Gasteiger charge is 2.33. The van der Waals surface area contributed by atoms with Crippen molar-refractivity contribution in [2.24, 2.45) is 13.0 Å². The van der Waals surface area contributed by atoms with Crippen LogP contribution in [-0.4, -0.2) is 33.2 Å².